The normalized spacial score (nSPS) is 12.9. The van der Waals surface area contributed by atoms with E-state index in [-0.39, 0.29) is 24.8 Å². The van der Waals surface area contributed by atoms with Crippen molar-refractivity contribution in [2.45, 2.75) is 12.5 Å². The second-order valence-electron chi connectivity index (χ2n) is 3.18. The van der Waals surface area contributed by atoms with Gasteiger partial charge in [-0.15, -0.1) is 24.8 Å². The number of hydrogen-bond donors (Lipinski definition) is 4. The monoisotopic (exact) mass is 291 g/mol. The maximum absolute atomic E-state index is 10.6. The first-order valence-corrected chi connectivity index (χ1v) is 5.46. The molecule has 0 bridgehead atoms. The number of hydrogen-bond acceptors (Lipinski definition) is 5. The minimum Gasteiger partial charge on any atom is -0.480 e. The summed E-state index contributed by atoms with van der Waals surface area (Å²) in [5.74, 6) is 0.222. The zero-order chi connectivity index (χ0) is 11.0. The first kappa shape index (κ1) is 21.3. The molecule has 98 valence electrons. The molecule has 0 radical (unpaired) electrons. The van der Waals surface area contributed by atoms with Crippen LogP contribution in [0.4, 0.5) is 0 Å². The highest BCUT2D eigenvalue weighted by molar-refractivity contribution is 7.99. The fraction of sp³-hybridized carbons (Fsp3) is 0.750. The topological polar surface area (TPSA) is 99.2 Å². The van der Waals surface area contributed by atoms with Crippen LogP contribution in [0.15, 0.2) is 0 Å². The highest BCUT2D eigenvalue weighted by Crippen LogP contribution is 2.09. The highest BCUT2D eigenvalue weighted by atomic mass is 35.5. The molecule has 0 aliphatic rings. The Bertz CT molecular complexity index is 206. The molecule has 8 heteroatoms. The number of nitrogens with two attached hydrogens (primary N) is 1. The molecule has 0 spiro atoms. The molecular formula is C8H19Cl2N3O2S. The quantitative estimate of drug-likeness (QED) is 0.388. The van der Waals surface area contributed by atoms with Gasteiger partial charge < -0.3 is 21.6 Å². The number of thioether (sulfide) groups is 1. The summed E-state index contributed by atoms with van der Waals surface area (Å²) in [6.45, 7) is 2.82. The third-order valence-electron chi connectivity index (χ3n) is 1.56. The van der Waals surface area contributed by atoms with Gasteiger partial charge in [-0.1, -0.05) is 0 Å². The van der Waals surface area contributed by atoms with Gasteiger partial charge in [-0.25, -0.2) is 0 Å². The zero-order valence-electron chi connectivity index (χ0n) is 9.06. The standard InChI is InChI=1S/C8H17N3O2S.2ClH/c1-8(10,7(12)13)6-14-5-4-11-3-2-9;;/h2,9,11H,3-6,10H2,1H3,(H,12,13);2*1H/t8-;;/m0../s1. The molecule has 5 nitrogen and oxygen atoms in total. The highest BCUT2D eigenvalue weighted by Gasteiger charge is 2.27. The van der Waals surface area contributed by atoms with Crippen LogP contribution in [0.1, 0.15) is 6.92 Å². The Morgan fingerprint density at radius 1 is 1.62 bits per heavy atom. The molecule has 0 rings (SSSR count). The van der Waals surface area contributed by atoms with Crippen molar-refractivity contribution < 1.29 is 9.90 Å². The summed E-state index contributed by atoms with van der Waals surface area (Å²) in [6.07, 6.45) is 1.29. The molecule has 0 aliphatic carbocycles. The van der Waals surface area contributed by atoms with Gasteiger partial charge in [-0.2, -0.15) is 11.8 Å². The summed E-state index contributed by atoms with van der Waals surface area (Å²) in [5.41, 5.74) is 4.38. The number of nitrogens with one attached hydrogen (secondary N) is 2. The maximum atomic E-state index is 10.6. The predicted octanol–water partition coefficient (Wildman–Crippen LogP) is 0.604. The van der Waals surface area contributed by atoms with Crippen molar-refractivity contribution in [1.82, 2.24) is 5.32 Å². The van der Waals surface area contributed by atoms with Crippen LogP contribution in [-0.2, 0) is 4.79 Å². The Hall–Kier alpha value is -0.0100. The van der Waals surface area contributed by atoms with E-state index in [1.54, 1.807) is 0 Å². The number of rotatable bonds is 8. The van der Waals surface area contributed by atoms with E-state index in [4.69, 9.17) is 16.2 Å². The Morgan fingerprint density at radius 2 is 2.19 bits per heavy atom. The van der Waals surface area contributed by atoms with Gasteiger partial charge in [0, 0.05) is 30.8 Å². The first-order valence-electron chi connectivity index (χ1n) is 4.30. The summed E-state index contributed by atoms with van der Waals surface area (Å²) in [6, 6.07) is 0. The fourth-order valence-electron chi connectivity index (χ4n) is 0.664. The molecule has 0 aliphatic heterocycles. The summed E-state index contributed by atoms with van der Waals surface area (Å²) < 4.78 is 0. The van der Waals surface area contributed by atoms with Crippen LogP contribution in [0.3, 0.4) is 0 Å². The average Bonchev–Trinajstić information content (AvgIpc) is 2.10. The van der Waals surface area contributed by atoms with Crippen molar-refractivity contribution in [2.75, 3.05) is 24.6 Å². The molecule has 0 aromatic carbocycles. The second-order valence-corrected chi connectivity index (χ2v) is 4.29. The summed E-state index contributed by atoms with van der Waals surface area (Å²) >= 11 is 1.50. The summed E-state index contributed by atoms with van der Waals surface area (Å²) in [4.78, 5) is 10.6. The van der Waals surface area contributed by atoms with Crippen molar-refractivity contribution in [3.63, 3.8) is 0 Å². The van der Waals surface area contributed by atoms with Crippen LogP contribution in [-0.4, -0.2) is 47.4 Å². The molecule has 0 heterocycles. The average molecular weight is 292 g/mol. The Balaban J connectivity index is -0.000000845. The van der Waals surface area contributed by atoms with Gasteiger partial charge in [0.2, 0.25) is 0 Å². The first-order chi connectivity index (χ1) is 6.50. The molecular weight excluding hydrogens is 273 g/mol. The molecule has 0 amide bonds. The van der Waals surface area contributed by atoms with Crippen LogP contribution < -0.4 is 11.1 Å². The Labute approximate surface area is 112 Å². The molecule has 0 unspecified atom stereocenters. The van der Waals surface area contributed by atoms with E-state index in [0.29, 0.717) is 12.3 Å². The van der Waals surface area contributed by atoms with Crippen molar-refractivity contribution in [3.05, 3.63) is 0 Å². The smallest absolute Gasteiger partial charge is 0.324 e. The second kappa shape index (κ2) is 11.5. The summed E-state index contributed by atoms with van der Waals surface area (Å²) in [7, 11) is 0. The van der Waals surface area contributed by atoms with Crippen LogP contribution in [0.2, 0.25) is 0 Å². The van der Waals surface area contributed by atoms with E-state index in [2.05, 4.69) is 5.32 Å². The van der Waals surface area contributed by atoms with E-state index in [9.17, 15) is 4.79 Å². The lowest BCUT2D eigenvalue weighted by molar-refractivity contribution is -0.141. The number of aliphatic carboxylic acids is 1. The van der Waals surface area contributed by atoms with Gasteiger partial charge in [0.25, 0.3) is 0 Å². The molecule has 0 saturated carbocycles. The molecule has 16 heavy (non-hydrogen) atoms. The van der Waals surface area contributed by atoms with E-state index >= 15 is 0 Å². The molecule has 5 N–H and O–H groups in total. The SMILES string of the molecule is C[C@](N)(CSCCNCC=N)C(=O)O.Cl.Cl. The number of carbonyl (C=O) groups is 1. The predicted molar refractivity (Wildman–Crippen MR) is 73.7 cm³/mol. The van der Waals surface area contributed by atoms with Gasteiger partial charge in [-0.05, 0) is 6.92 Å². The van der Waals surface area contributed by atoms with E-state index in [1.807, 2.05) is 0 Å². The largest absolute Gasteiger partial charge is 0.480 e. The molecule has 0 saturated heterocycles. The van der Waals surface area contributed by atoms with Gasteiger partial charge in [0.05, 0.1) is 0 Å². The Morgan fingerprint density at radius 3 is 2.62 bits per heavy atom. The lowest BCUT2D eigenvalue weighted by Crippen LogP contribution is -2.47. The minimum absolute atomic E-state index is 0. The fourth-order valence-corrected chi connectivity index (χ4v) is 1.65. The van der Waals surface area contributed by atoms with Crippen molar-refractivity contribution in [1.29, 1.82) is 5.41 Å². The number of carboxylic acids is 1. The minimum atomic E-state index is -1.15. The van der Waals surface area contributed by atoms with Crippen molar-refractivity contribution in [3.8, 4) is 0 Å². The van der Waals surface area contributed by atoms with Crippen molar-refractivity contribution >= 4 is 48.8 Å². The van der Waals surface area contributed by atoms with Crippen LogP contribution in [0, 0.1) is 5.41 Å². The van der Waals surface area contributed by atoms with Gasteiger partial charge in [0.15, 0.2) is 0 Å². The third-order valence-corrected chi connectivity index (χ3v) is 2.86. The number of halogens is 2. The lowest BCUT2D eigenvalue weighted by atomic mass is 10.1. The third kappa shape index (κ3) is 10.5. The van der Waals surface area contributed by atoms with Crippen molar-refractivity contribution in [2.24, 2.45) is 5.73 Å². The van der Waals surface area contributed by atoms with Crippen LogP contribution in [0.5, 0.6) is 0 Å². The van der Waals surface area contributed by atoms with Crippen LogP contribution in [0.25, 0.3) is 0 Å². The molecule has 0 fully saturated rings. The summed E-state index contributed by atoms with van der Waals surface area (Å²) in [5, 5.41) is 18.4. The zero-order valence-corrected chi connectivity index (χ0v) is 11.5. The Kier molecular flexibility index (Phi) is 15.3. The van der Waals surface area contributed by atoms with Gasteiger partial charge in [0.1, 0.15) is 5.54 Å². The van der Waals surface area contributed by atoms with E-state index in [0.717, 1.165) is 12.3 Å². The number of carboxylic acid groups (broad SMARTS) is 1. The molecule has 0 aromatic heterocycles. The van der Waals surface area contributed by atoms with Gasteiger partial charge >= 0.3 is 5.97 Å². The van der Waals surface area contributed by atoms with E-state index in [1.165, 1.54) is 24.9 Å². The van der Waals surface area contributed by atoms with E-state index < -0.39 is 11.5 Å². The maximum Gasteiger partial charge on any atom is 0.324 e. The lowest BCUT2D eigenvalue weighted by Gasteiger charge is -2.18. The molecule has 0 aromatic rings. The molecule has 1 atom stereocenters. The van der Waals surface area contributed by atoms with Gasteiger partial charge in [-0.3, -0.25) is 4.79 Å². The van der Waals surface area contributed by atoms with Crippen LogP contribution >= 0.6 is 36.6 Å².